The lowest BCUT2D eigenvalue weighted by molar-refractivity contribution is -0.349. The minimum absolute atomic E-state index is 0.166. The molecule has 2 fully saturated rings. The fourth-order valence-electron chi connectivity index (χ4n) is 3.86. The number of nitrogens with zero attached hydrogens (tertiary/aromatic N) is 3. The van der Waals surface area contributed by atoms with Crippen molar-refractivity contribution in [3.8, 4) is 0 Å². The summed E-state index contributed by atoms with van der Waals surface area (Å²) in [6.07, 6.45) is -5.12. The third kappa shape index (κ3) is 5.51. The lowest BCUT2D eigenvalue weighted by Crippen LogP contribution is -2.63. The molecule has 2 aromatic carbocycles. The Bertz CT molecular complexity index is 971. The lowest BCUT2D eigenvalue weighted by Gasteiger charge is -2.48. The maximum absolute atomic E-state index is 11.5. The highest BCUT2D eigenvalue weighted by atomic mass is 16.8. The van der Waals surface area contributed by atoms with E-state index in [-0.39, 0.29) is 13.2 Å². The number of hydrogen-bond donors (Lipinski definition) is 1. The van der Waals surface area contributed by atoms with Gasteiger partial charge in [0.2, 0.25) is 0 Å². The van der Waals surface area contributed by atoms with Crippen LogP contribution >= 0.6 is 0 Å². The molecule has 10 nitrogen and oxygen atoms in total. The number of benzene rings is 2. The van der Waals surface area contributed by atoms with E-state index >= 15 is 0 Å². The molecule has 1 N–H and O–H groups in total. The molecule has 0 spiro atoms. The minimum Gasteiger partial charge on any atom is -0.479 e. The smallest absolute Gasteiger partial charge is 0.332 e. The van der Waals surface area contributed by atoms with E-state index in [0.29, 0.717) is 0 Å². The molecule has 4 rings (SSSR count). The van der Waals surface area contributed by atoms with Crippen LogP contribution in [0.5, 0.6) is 0 Å². The first-order valence-corrected chi connectivity index (χ1v) is 10.6. The van der Waals surface area contributed by atoms with Crippen molar-refractivity contribution in [3.63, 3.8) is 0 Å². The highest BCUT2D eigenvalue weighted by Gasteiger charge is 2.51. The zero-order valence-electron chi connectivity index (χ0n) is 18.0. The number of carboxylic acids is 1. The second-order valence-corrected chi connectivity index (χ2v) is 7.79. The first kappa shape index (κ1) is 23.2. The zero-order valence-corrected chi connectivity index (χ0v) is 18.0. The molecule has 174 valence electrons. The Morgan fingerprint density at radius 3 is 2.55 bits per heavy atom. The number of azide groups is 1. The van der Waals surface area contributed by atoms with Crippen LogP contribution in [-0.4, -0.2) is 54.4 Å². The molecule has 2 saturated heterocycles. The number of ether oxygens (including phenoxy) is 5. The Kier molecular flexibility index (Phi) is 7.56. The Balaban J connectivity index is 1.59. The van der Waals surface area contributed by atoms with Gasteiger partial charge in [0.15, 0.2) is 18.7 Å². The summed E-state index contributed by atoms with van der Waals surface area (Å²) in [4.78, 5) is 14.5. The van der Waals surface area contributed by atoms with Gasteiger partial charge in [0.25, 0.3) is 0 Å². The molecule has 10 heteroatoms. The molecule has 0 aliphatic carbocycles. The fourth-order valence-corrected chi connectivity index (χ4v) is 3.86. The molecule has 0 amide bonds. The maximum atomic E-state index is 11.5. The van der Waals surface area contributed by atoms with Crippen LogP contribution in [0.2, 0.25) is 0 Å². The Labute approximate surface area is 190 Å². The predicted molar refractivity (Wildman–Crippen MR) is 115 cm³/mol. The third-order valence-electron chi connectivity index (χ3n) is 5.53. The summed E-state index contributed by atoms with van der Waals surface area (Å²) in [5.74, 6) is -1.15. The minimum atomic E-state index is -1.17. The van der Waals surface area contributed by atoms with E-state index < -0.39 is 49.0 Å². The van der Waals surface area contributed by atoms with Crippen LogP contribution in [0, 0.1) is 0 Å². The van der Waals surface area contributed by atoms with E-state index in [0.717, 1.165) is 11.1 Å². The molecule has 2 heterocycles. The molecule has 2 aromatic rings. The summed E-state index contributed by atoms with van der Waals surface area (Å²) >= 11 is 0. The summed E-state index contributed by atoms with van der Waals surface area (Å²) in [5.41, 5.74) is 10.9. The van der Waals surface area contributed by atoms with Crippen LogP contribution in [0.15, 0.2) is 65.8 Å². The van der Waals surface area contributed by atoms with Crippen LogP contribution in [0.4, 0.5) is 0 Å². The lowest BCUT2D eigenvalue weighted by atomic mass is 9.95. The van der Waals surface area contributed by atoms with Gasteiger partial charge in [-0.3, -0.25) is 0 Å². The maximum Gasteiger partial charge on any atom is 0.332 e. The number of carbonyl (C=O) groups is 1. The van der Waals surface area contributed by atoms with Gasteiger partial charge in [-0.2, -0.15) is 0 Å². The van der Waals surface area contributed by atoms with Crippen LogP contribution in [0.25, 0.3) is 10.4 Å². The van der Waals surface area contributed by atoms with E-state index in [2.05, 4.69) is 10.0 Å². The van der Waals surface area contributed by atoms with Crippen molar-refractivity contribution < 1.29 is 33.6 Å². The zero-order chi connectivity index (χ0) is 23.2. The number of aliphatic carboxylic acids is 1. The van der Waals surface area contributed by atoms with Crippen molar-refractivity contribution in [1.29, 1.82) is 0 Å². The third-order valence-corrected chi connectivity index (χ3v) is 5.53. The fraction of sp³-hybridized carbons (Fsp3) is 0.435. The first-order valence-electron chi connectivity index (χ1n) is 10.6. The summed E-state index contributed by atoms with van der Waals surface area (Å²) in [6.45, 7) is 1.78. The van der Waals surface area contributed by atoms with Crippen LogP contribution < -0.4 is 0 Å². The second-order valence-electron chi connectivity index (χ2n) is 7.79. The summed E-state index contributed by atoms with van der Waals surface area (Å²) in [5, 5.41) is 13.3. The Morgan fingerprint density at radius 2 is 1.88 bits per heavy atom. The van der Waals surface area contributed by atoms with Gasteiger partial charge in [-0.1, -0.05) is 65.8 Å². The standard InChI is InChI=1S/C23H25N3O7/c1-14(21(27)28)31-20-18(25-26-24)23(29-12-15-8-4-2-5-9-15)32-17-13-30-22(33-19(17)20)16-10-6-3-7-11-16/h2-11,14,17-20,22-23H,12-13H2,1H3,(H,27,28)/t14?,17-,18-,19-,20?,22+,23?/m1/s1. The molecule has 2 aliphatic heterocycles. The molecule has 7 atom stereocenters. The van der Waals surface area contributed by atoms with Gasteiger partial charge in [0.1, 0.15) is 24.4 Å². The second kappa shape index (κ2) is 10.8. The molecular formula is C23H25N3O7. The number of hydrogen-bond acceptors (Lipinski definition) is 7. The monoisotopic (exact) mass is 455 g/mol. The molecule has 33 heavy (non-hydrogen) atoms. The quantitative estimate of drug-likeness (QED) is 0.365. The molecule has 2 aliphatic rings. The molecule has 0 radical (unpaired) electrons. The van der Waals surface area contributed by atoms with Crippen molar-refractivity contribution in [1.82, 2.24) is 0 Å². The molecular weight excluding hydrogens is 430 g/mol. The van der Waals surface area contributed by atoms with Crippen LogP contribution in [0.1, 0.15) is 24.3 Å². The predicted octanol–water partition coefficient (Wildman–Crippen LogP) is 3.58. The normalized spacial score (nSPS) is 30.0. The molecule has 0 bridgehead atoms. The Morgan fingerprint density at radius 1 is 1.18 bits per heavy atom. The van der Waals surface area contributed by atoms with Gasteiger partial charge < -0.3 is 28.8 Å². The van der Waals surface area contributed by atoms with Crippen LogP contribution in [-0.2, 0) is 35.1 Å². The topological polar surface area (TPSA) is 132 Å². The van der Waals surface area contributed by atoms with Crippen molar-refractivity contribution in [2.45, 2.75) is 56.6 Å². The van der Waals surface area contributed by atoms with Gasteiger partial charge in [-0.25, -0.2) is 4.79 Å². The van der Waals surface area contributed by atoms with Crippen molar-refractivity contribution >= 4 is 5.97 Å². The first-order chi connectivity index (χ1) is 16.1. The molecule has 0 saturated carbocycles. The van der Waals surface area contributed by atoms with Gasteiger partial charge in [0, 0.05) is 10.5 Å². The van der Waals surface area contributed by atoms with E-state index in [9.17, 15) is 15.4 Å². The van der Waals surface area contributed by atoms with Gasteiger partial charge in [-0.15, -0.1) is 0 Å². The van der Waals surface area contributed by atoms with E-state index in [1.54, 1.807) is 0 Å². The van der Waals surface area contributed by atoms with E-state index in [1.807, 2.05) is 60.7 Å². The van der Waals surface area contributed by atoms with Gasteiger partial charge in [-0.05, 0) is 18.0 Å². The SMILES string of the molecule is CC(OC1[C@@H](N=[N+]=[N-])C(OCc2ccccc2)O[C@@H]2CO[C@H](c3ccccc3)O[C@@H]12)C(=O)O. The largest absolute Gasteiger partial charge is 0.479 e. The summed E-state index contributed by atoms with van der Waals surface area (Å²) < 4.78 is 29.9. The average Bonchev–Trinajstić information content (AvgIpc) is 2.85. The number of fused-ring (bicyclic) bond motifs is 1. The van der Waals surface area contributed by atoms with Crippen molar-refractivity contribution in [3.05, 3.63) is 82.2 Å². The molecule has 0 aromatic heterocycles. The Hall–Kier alpha value is -2.98. The van der Waals surface area contributed by atoms with Gasteiger partial charge >= 0.3 is 5.97 Å². The van der Waals surface area contributed by atoms with Gasteiger partial charge in [0.05, 0.1) is 13.2 Å². The van der Waals surface area contributed by atoms with E-state index in [1.165, 1.54) is 6.92 Å². The van der Waals surface area contributed by atoms with Crippen molar-refractivity contribution in [2.24, 2.45) is 5.11 Å². The number of rotatable bonds is 8. The summed E-state index contributed by atoms with van der Waals surface area (Å²) in [7, 11) is 0. The molecule has 3 unspecified atom stereocenters. The highest BCUT2D eigenvalue weighted by Crippen LogP contribution is 2.37. The highest BCUT2D eigenvalue weighted by molar-refractivity contribution is 5.71. The van der Waals surface area contributed by atoms with Crippen LogP contribution in [0.3, 0.4) is 0 Å². The van der Waals surface area contributed by atoms with E-state index in [4.69, 9.17) is 23.7 Å². The summed E-state index contributed by atoms with van der Waals surface area (Å²) in [6, 6.07) is 17.8. The van der Waals surface area contributed by atoms with Crippen molar-refractivity contribution in [2.75, 3.05) is 6.61 Å². The average molecular weight is 455 g/mol. The number of carboxylic acid groups (broad SMARTS) is 1.